The molecule has 1 aliphatic rings. The number of benzene rings is 2. The van der Waals surface area contributed by atoms with Crippen LogP contribution < -0.4 is 20.7 Å². The molecule has 0 spiro atoms. The number of allylic oxidation sites excluding steroid dienone is 2. The van der Waals surface area contributed by atoms with Crippen LogP contribution in [0.15, 0.2) is 87.1 Å². The van der Waals surface area contributed by atoms with E-state index in [1.54, 1.807) is 43.3 Å². The quantitative estimate of drug-likeness (QED) is 0.264. The number of carbonyl (C=O) groups excluding carboxylic acids is 2. The van der Waals surface area contributed by atoms with Crippen molar-refractivity contribution < 1.29 is 31.9 Å². The third kappa shape index (κ3) is 6.87. The van der Waals surface area contributed by atoms with Crippen LogP contribution >= 0.6 is 23.4 Å². The number of furan rings is 1. The molecule has 1 atom stereocenters. The number of amides is 2. The summed E-state index contributed by atoms with van der Waals surface area (Å²) < 4.78 is 50.4. The number of ether oxygens (including phenoxy) is 1. The first-order valence-electron chi connectivity index (χ1n) is 11.9. The Hall–Kier alpha value is -4.34. The first-order valence-corrected chi connectivity index (χ1v) is 13.3. The zero-order chi connectivity index (χ0) is 29.7. The lowest BCUT2D eigenvalue weighted by Gasteiger charge is -2.28. The molecule has 0 bridgehead atoms. The Bertz CT molecular complexity index is 1560. The van der Waals surface area contributed by atoms with E-state index >= 15 is 0 Å². The zero-order valence-corrected chi connectivity index (χ0v) is 23.1. The van der Waals surface area contributed by atoms with Gasteiger partial charge in [0, 0.05) is 11.4 Å². The molecule has 2 heterocycles. The molecule has 1 aromatic heterocycles. The van der Waals surface area contributed by atoms with Gasteiger partial charge in [0.15, 0.2) is 0 Å². The van der Waals surface area contributed by atoms with Crippen LogP contribution in [0.25, 0.3) is 0 Å². The number of carbonyl (C=O) groups is 2. The number of methoxy groups -OCH3 is 1. The highest BCUT2D eigenvalue weighted by atomic mass is 35.5. The van der Waals surface area contributed by atoms with E-state index < -0.39 is 23.6 Å². The molecule has 3 aromatic rings. The number of nitrogens with one attached hydrogen (secondary N) is 3. The Morgan fingerprint density at radius 1 is 1.17 bits per heavy atom. The van der Waals surface area contributed by atoms with Crippen molar-refractivity contribution in [2.24, 2.45) is 0 Å². The van der Waals surface area contributed by atoms with E-state index in [9.17, 15) is 28.0 Å². The molecule has 0 saturated carbocycles. The number of thioether (sulfide) groups is 1. The summed E-state index contributed by atoms with van der Waals surface area (Å²) in [5.74, 6) is -1.32. The van der Waals surface area contributed by atoms with Crippen molar-refractivity contribution in [1.29, 1.82) is 5.26 Å². The summed E-state index contributed by atoms with van der Waals surface area (Å²) in [6.07, 6.45) is -3.28. The molecule has 0 aliphatic carbocycles. The highest BCUT2D eigenvalue weighted by Gasteiger charge is 2.37. The molecule has 13 heteroatoms. The van der Waals surface area contributed by atoms with Crippen LogP contribution in [0.5, 0.6) is 5.75 Å². The number of nitrogens with zero attached hydrogens (tertiary/aromatic N) is 1. The maximum atomic E-state index is 13.5. The molecule has 4 rings (SSSR count). The Morgan fingerprint density at radius 3 is 2.51 bits per heavy atom. The molecular formula is C28H22ClF3N4O4S. The van der Waals surface area contributed by atoms with E-state index in [0.717, 1.165) is 30.0 Å². The van der Waals surface area contributed by atoms with Crippen molar-refractivity contribution >= 4 is 46.6 Å². The van der Waals surface area contributed by atoms with Crippen LogP contribution in [0.3, 0.4) is 0 Å². The minimum Gasteiger partial charge on any atom is -0.497 e. The van der Waals surface area contributed by atoms with E-state index in [4.69, 9.17) is 20.8 Å². The number of hydrogen-bond acceptors (Lipinski definition) is 7. The van der Waals surface area contributed by atoms with Crippen molar-refractivity contribution in [3.8, 4) is 11.8 Å². The van der Waals surface area contributed by atoms with Gasteiger partial charge in [-0.2, -0.15) is 18.4 Å². The second-order valence-electron chi connectivity index (χ2n) is 8.68. The summed E-state index contributed by atoms with van der Waals surface area (Å²) in [7, 11) is 1.53. The van der Waals surface area contributed by atoms with Crippen molar-refractivity contribution in [3.05, 3.63) is 99.1 Å². The predicted molar refractivity (Wildman–Crippen MR) is 149 cm³/mol. The molecule has 2 aromatic carbocycles. The molecule has 1 aliphatic heterocycles. The first kappa shape index (κ1) is 29.6. The van der Waals surface area contributed by atoms with Crippen LogP contribution in [0, 0.1) is 11.3 Å². The van der Waals surface area contributed by atoms with Crippen molar-refractivity contribution in [3.63, 3.8) is 0 Å². The Kier molecular flexibility index (Phi) is 9.00. The summed E-state index contributed by atoms with van der Waals surface area (Å²) in [6, 6.07) is 14.6. The fourth-order valence-corrected chi connectivity index (χ4v) is 5.12. The van der Waals surface area contributed by atoms with E-state index in [2.05, 4.69) is 22.0 Å². The fourth-order valence-electron chi connectivity index (χ4n) is 4.06. The van der Waals surface area contributed by atoms with E-state index in [1.807, 2.05) is 0 Å². The normalized spacial score (nSPS) is 15.2. The molecule has 0 unspecified atom stereocenters. The zero-order valence-electron chi connectivity index (χ0n) is 21.6. The van der Waals surface area contributed by atoms with Gasteiger partial charge in [0.1, 0.15) is 11.5 Å². The maximum absolute atomic E-state index is 13.5. The lowest BCUT2D eigenvalue weighted by Crippen LogP contribution is -2.31. The monoisotopic (exact) mass is 602 g/mol. The minimum absolute atomic E-state index is 0.0389. The van der Waals surface area contributed by atoms with Gasteiger partial charge in [-0.15, -0.1) is 0 Å². The lowest BCUT2D eigenvalue weighted by molar-refractivity contribution is -0.137. The van der Waals surface area contributed by atoms with Gasteiger partial charge in [-0.3, -0.25) is 9.59 Å². The molecule has 0 saturated heterocycles. The number of hydrogen-bond donors (Lipinski definition) is 3. The molecule has 0 fully saturated rings. The molecule has 8 nitrogen and oxygen atoms in total. The van der Waals surface area contributed by atoms with E-state index in [0.29, 0.717) is 22.2 Å². The number of anilines is 2. The van der Waals surface area contributed by atoms with Gasteiger partial charge < -0.3 is 25.1 Å². The Morgan fingerprint density at radius 2 is 1.90 bits per heavy atom. The van der Waals surface area contributed by atoms with E-state index in [-0.39, 0.29) is 39.3 Å². The SMILES string of the molecule is COc1ccc(NC(=O)CSC2=C(C#N)[C@@H](c3ccco3)C(C(=O)Nc3cc(C(F)(F)F)ccc3Cl)=C(C)N2)cc1. The second kappa shape index (κ2) is 12.4. The van der Waals surface area contributed by atoms with Crippen LogP contribution in [-0.2, 0) is 15.8 Å². The third-order valence-corrected chi connectivity index (χ3v) is 7.33. The molecule has 2 amide bonds. The summed E-state index contributed by atoms with van der Waals surface area (Å²) in [5, 5.41) is 18.5. The van der Waals surface area contributed by atoms with Crippen LogP contribution in [-0.4, -0.2) is 24.7 Å². The fraction of sp³-hybridized carbons (Fsp3) is 0.179. The van der Waals surface area contributed by atoms with Gasteiger partial charge in [-0.1, -0.05) is 23.4 Å². The van der Waals surface area contributed by atoms with Crippen molar-refractivity contribution in [2.75, 3.05) is 23.5 Å². The molecule has 41 heavy (non-hydrogen) atoms. The van der Waals surface area contributed by atoms with Gasteiger partial charge in [0.25, 0.3) is 5.91 Å². The van der Waals surface area contributed by atoms with Crippen molar-refractivity contribution in [2.45, 2.75) is 19.0 Å². The molecule has 3 N–H and O–H groups in total. The number of alkyl halides is 3. The standard InChI is InChI=1S/C28H22ClF3N4O4S/c1-15-24(26(38)36-21-12-16(28(30,31)32)5-10-20(21)29)25(22-4-3-11-40-22)19(13-33)27(34-15)41-14-23(37)35-17-6-8-18(39-2)9-7-17/h3-12,25,34H,14H2,1-2H3,(H,35,37)(H,36,38)/t25-/m0/s1. The highest BCUT2D eigenvalue weighted by Crippen LogP contribution is 2.42. The van der Waals surface area contributed by atoms with Crippen LogP contribution in [0.1, 0.15) is 24.2 Å². The van der Waals surface area contributed by atoms with Gasteiger partial charge >= 0.3 is 6.18 Å². The summed E-state index contributed by atoms with van der Waals surface area (Å²) in [6.45, 7) is 1.57. The number of nitriles is 1. The molecule has 212 valence electrons. The summed E-state index contributed by atoms with van der Waals surface area (Å²) in [4.78, 5) is 26.1. The molecular weight excluding hydrogens is 581 g/mol. The van der Waals surface area contributed by atoms with Crippen LogP contribution in [0.2, 0.25) is 5.02 Å². The topological polar surface area (TPSA) is 116 Å². The first-order chi connectivity index (χ1) is 19.5. The largest absolute Gasteiger partial charge is 0.497 e. The van der Waals surface area contributed by atoms with Crippen molar-refractivity contribution in [1.82, 2.24) is 5.32 Å². The molecule has 0 radical (unpaired) electrons. The third-order valence-electron chi connectivity index (χ3n) is 5.98. The lowest BCUT2D eigenvalue weighted by atomic mass is 9.85. The Labute approximate surface area is 242 Å². The summed E-state index contributed by atoms with van der Waals surface area (Å²) >= 11 is 7.13. The van der Waals surface area contributed by atoms with Gasteiger partial charge in [0.05, 0.1) is 63.6 Å². The smallest absolute Gasteiger partial charge is 0.416 e. The minimum atomic E-state index is -4.65. The average Bonchev–Trinajstić information content (AvgIpc) is 3.47. The summed E-state index contributed by atoms with van der Waals surface area (Å²) in [5.41, 5.74) is -0.243. The number of halogens is 4. The highest BCUT2D eigenvalue weighted by molar-refractivity contribution is 8.03. The number of dihydropyridines is 1. The van der Waals surface area contributed by atoms with E-state index in [1.165, 1.54) is 13.4 Å². The van der Waals surface area contributed by atoms with Crippen LogP contribution in [0.4, 0.5) is 24.5 Å². The van der Waals surface area contributed by atoms with Gasteiger partial charge in [-0.05, 0) is 61.5 Å². The Balaban J connectivity index is 1.59. The maximum Gasteiger partial charge on any atom is 0.416 e. The number of rotatable bonds is 8. The predicted octanol–water partition coefficient (Wildman–Crippen LogP) is 6.67. The van der Waals surface area contributed by atoms with Gasteiger partial charge in [-0.25, -0.2) is 0 Å². The second-order valence-corrected chi connectivity index (χ2v) is 10.1. The average molecular weight is 603 g/mol. The van der Waals surface area contributed by atoms with Gasteiger partial charge in [0.2, 0.25) is 5.91 Å².